The van der Waals surface area contributed by atoms with Gasteiger partial charge in [-0.2, -0.15) is 0 Å². The molecule has 1 aliphatic rings. The lowest BCUT2D eigenvalue weighted by Gasteiger charge is -2.42. The summed E-state index contributed by atoms with van der Waals surface area (Å²) in [6, 6.07) is 23.2. The van der Waals surface area contributed by atoms with Gasteiger partial charge in [0.05, 0.1) is 0 Å². The fourth-order valence-corrected chi connectivity index (χ4v) is 4.35. The molecule has 0 radical (unpaired) electrons. The van der Waals surface area contributed by atoms with E-state index in [4.69, 9.17) is 0 Å². The standard InChI is InChI=1S/C24H34N2/c1-25(19-17-21-11-5-3-6-12-21)23-15-9-10-16-24(23)26(2)20-18-22-13-7-4-8-14-22/h3-8,11-14,23-24H,9-10,15-20H2,1-2H3/t23-,24-/m1/s1. The third-order valence-electron chi connectivity index (χ3n) is 6.02. The van der Waals surface area contributed by atoms with Crippen molar-refractivity contribution in [1.29, 1.82) is 0 Å². The topological polar surface area (TPSA) is 6.48 Å². The first-order chi connectivity index (χ1) is 12.7. The lowest BCUT2D eigenvalue weighted by atomic mass is 9.88. The minimum absolute atomic E-state index is 0.688. The van der Waals surface area contributed by atoms with Crippen LogP contribution in [0, 0.1) is 0 Å². The molecule has 0 heterocycles. The van der Waals surface area contributed by atoms with E-state index in [0.717, 1.165) is 25.9 Å². The van der Waals surface area contributed by atoms with Crippen molar-refractivity contribution >= 4 is 0 Å². The van der Waals surface area contributed by atoms with Crippen molar-refractivity contribution in [1.82, 2.24) is 9.80 Å². The normalized spacial score (nSPS) is 20.6. The van der Waals surface area contributed by atoms with Crippen LogP contribution in [-0.2, 0) is 12.8 Å². The summed E-state index contributed by atoms with van der Waals surface area (Å²) in [6.07, 6.45) is 7.73. The minimum atomic E-state index is 0.688. The van der Waals surface area contributed by atoms with Crippen LogP contribution in [0.2, 0.25) is 0 Å². The van der Waals surface area contributed by atoms with Gasteiger partial charge in [-0.05, 0) is 50.9 Å². The summed E-state index contributed by atoms with van der Waals surface area (Å²) in [7, 11) is 4.66. The predicted molar refractivity (Wildman–Crippen MR) is 112 cm³/mol. The van der Waals surface area contributed by atoms with E-state index < -0.39 is 0 Å². The SMILES string of the molecule is CN(CCc1ccccc1)[C@@H]1CCCC[C@H]1N(C)CCc1ccccc1. The van der Waals surface area contributed by atoms with Gasteiger partial charge in [0.2, 0.25) is 0 Å². The zero-order chi connectivity index (χ0) is 18.2. The Labute approximate surface area is 159 Å². The van der Waals surface area contributed by atoms with Gasteiger partial charge in [-0.3, -0.25) is 0 Å². The highest BCUT2D eigenvalue weighted by molar-refractivity contribution is 5.15. The van der Waals surface area contributed by atoms with Gasteiger partial charge in [0, 0.05) is 25.2 Å². The highest BCUT2D eigenvalue weighted by Crippen LogP contribution is 2.26. The molecule has 2 aromatic rings. The molecule has 0 amide bonds. The molecule has 0 aliphatic heterocycles. The number of hydrogen-bond acceptors (Lipinski definition) is 2. The Balaban J connectivity index is 1.54. The number of likely N-dealkylation sites (N-methyl/N-ethyl adjacent to an activating group) is 2. The molecule has 1 fully saturated rings. The summed E-state index contributed by atoms with van der Waals surface area (Å²) in [5, 5.41) is 0. The molecule has 2 aromatic carbocycles. The lowest BCUT2D eigenvalue weighted by molar-refractivity contribution is 0.0789. The van der Waals surface area contributed by atoms with Crippen molar-refractivity contribution in [3.05, 3.63) is 71.8 Å². The molecule has 140 valence electrons. The first kappa shape index (κ1) is 19.1. The van der Waals surface area contributed by atoms with Gasteiger partial charge in [0.1, 0.15) is 0 Å². The molecule has 0 saturated heterocycles. The van der Waals surface area contributed by atoms with Crippen LogP contribution in [0.1, 0.15) is 36.8 Å². The molecule has 0 bridgehead atoms. The van der Waals surface area contributed by atoms with Crippen molar-refractivity contribution in [2.45, 2.75) is 50.6 Å². The van der Waals surface area contributed by atoms with E-state index in [0.29, 0.717) is 12.1 Å². The fourth-order valence-electron chi connectivity index (χ4n) is 4.35. The molecule has 2 nitrogen and oxygen atoms in total. The number of benzene rings is 2. The van der Waals surface area contributed by atoms with E-state index in [9.17, 15) is 0 Å². The maximum Gasteiger partial charge on any atom is 0.0248 e. The third-order valence-corrected chi connectivity index (χ3v) is 6.02. The summed E-state index contributed by atoms with van der Waals surface area (Å²) < 4.78 is 0. The highest BCUT2D eigenvalue weighted by Gasteiger charge is 2.30. The predicted octanol–water partition coefficient (Wildman–Crippen LogP) is 4.65. The van der Waals surface area contributed by atoms with Crippen LogP contribution in [0.3, 0.4) is 0 Å². The van der Waals surface area contributed by atoms with E-state index in [1.807, 2.05) is 0 Å². The van der Waals surface area contributed by atoms with Crippen molar-refractivity contribution in [3.63, 3.8) is 0 Å². The van der Waals surface area contributed by atoms with E-state index in [1.54, 1.807) is 0 Å². The van der Waals surface area contributed by atoms with Crippen LogP contribution in [0.4, 0.5) is 0 Å². The maximum atomic E-state index is 2.62. The van der Waals surface area contributed by atoms with Gasteiger partial charge < -0.3 is 9.80 Å². The molecule has 3 rings (SSSR count). The minimum Gasteiger partial charge on any atom is -0.302 e. The van der Waals surface area contributed by atoms with E-state index in [2.05, 4.69) is 84.6 Å². The molecule has 0 spiro atoms. The molecule has 0 unspecified atom stereocenters. The molecule has 1 saturated carbocycles. The molecular weight excluding hydrogens is 316 g/mol. The maximum absolute atomic E-state index is 2.62. The van der Waals surface area contributed by atoms with Gasteiger partial charge in [0.25, 0.3) is 0 Å². The molecule has 2 atom stereocenters. The molecule has 0 aromatic heterocycles. The Morgan fingerprint density at radius 2 is 1.04 bits per heavy atom. The smallest absolute Gasteiger partial charge is 0.0248 e. The highest BCUT2D eigenvalue weighted by atomic mass is 15.2. The van der Waals surface area contributed by atoms with E-state index >= 15 is 0 Å². The molecule has 1 aliphatic carbocycles. The summed E-state index contributed by atoms with van der Waals surface area (Å²) in [5.41, 5.74) is 2.90. The molecular formula is C24H34N2. The Bertz CT molecular complexity index is 568. The Kier molecular flexibility index (Phi) is 7.28. The number of hydrogen-bond donors (Lipinski definition) is 0. The largest absolute Gasteiger partial charge is 0.302 e. The van der Waals surface area contributed by atoms with Crippen molar-refractivity contribution in [2.24, 2.45) is 0 Å². The van der Waals surface area contributed by atoms with Gasteiger partial charge in [-0.15, -0.1) is 0 Å². The van der Waals surface area contributed by atoms with E-state index in [1.165, 1.54) is 36.8 Å². The van der Waals surface area contributed by atoms with E-state index in [-0.39, 0.29) is 0 Å². The second-order valence-electron chi connectivity index (χ2n) is 7.85. The van der Waals surface area contributed by atoms with Crippen LogP contribution in [-0.4, -0.2) is 49.1 Å². The van der Waals surface area contributed by atoms with Crippen molar-refractivity contribution < 1.29 is 0 Å². The van der Waals surface area contributed by atoms with Gasteiger partial charge in [-0.1, -0.05) is 73.5 Å². The first-order valence-corrected chi connectivity index (χ1v) is 10.2. The summed E-state index contributed by atoms with van der Waals surface area (Å²) >= 11 is 0. The number of nitrogens with zero attached hydrogens (tertiary/aromatic N) is 2. The molecule has 26 heavy (non-hydrogen) atoms. The van der Waals surface area contributed by atoms with Crippen LogP contribution < -0.4 is 0 Å². The zero-order valence-electron chi connectivity index (χ0n) is 16.5. The quantitative estimate of drug-likeness (QED) is 0.684. The second-order valence-corrected chi connectivity index (χ2v) is 7.85. The fraction of sp³-hybridized carbons (Fsp3) is 0.500. The number of rotatable bonds is 8. The van der Waals surface area contributed by atoms with Gasteiger partial charge >= 0.3 is 0 Å². The summed E-state index contributed by atoms with van der Waals surface area (Å²) in [6.45, 7) is 2.30. The van der Waals surface area contributed by atoms with Crippen LogP contribution in [0.15, 0.2) is 60.7 Å². The Morgan fingerprint density at radius 1 is 0.654 bits per heavy atom. The Hall–Kier alpha value is -1.64. The summed E-state index contributed by atoms with van der Waals surface area (Å²) in [5.74, 6) is 0. The molecule has 0 N–H and O–H groups in total. The molecule has 2 heteroatoms. The average molecular weight is 351 g/mol. The first-order valence-electron chi connectivity index (χ1n) is 10.2. The second kappa shape index (κ2) is 9.89. The monoisotopic (exact) mass is 350 g/mol. The average Bonchev–Trinajstić information content (AvgIpc) is 2.72. The van der Waals surface area contributed by atoms with Crippen molar-refractivity contribution in [3.8, 4) is 0 Å². The van der Waals surface area contributed by atoms with Crippen LogP contribution in [0.5, 0.6) is 0 Å². The van der Waals surface area contributed by atoms with Crippen LogP contribution >= 0.6 is 0 Å². The Morgan fingerprint density at radius 3 is 1.42 bits per heavy atom. The summed E-state index contributed by atoms with van der Waals surface area (Å²) in [4.78, 5) is 5.24. The van der Waals surface area contributed by atoms with Gasteiger partial charge in [0.15, 0.2) is 0 Å². The van der Waals surface area contributed by atoms with Crippen molar-refractivity contribution in [2.75, 3.05) is 27.2 Å². The zero-order valence-corrected chi connectivity index (χ0v) is 16.5. The van der Waals surface area contributed by atoms with Crippen LogP contribution in [0.25, 0.3) is 0 Å². The van der Waals surface area contributed by atoms with Gasteiger partial charge in [-0.25, -0.2) is 0 Å². The lowest BCUT2D eigenvalue weighted by Crippen LogP contribution is -2.51. The third kappa shape index (κ3) is 5.43.